The van der Waals surface area contributed by atoms with E-state index in [1.54, 1.807) is 6.07 Å². The lowest BCUT2D eigenvalue weighted by Gasteiger charge is -2.13. The normalized spacial score (nSPS) is 23.1. The first-order valence-electron chi connectivity index (χ1n) is 6.67. The number of aliphatic carboxylic acids is 1. The largest absolute Gasteiger partial charge is 0.481 e. The maximum absolute atomic E-state index is 12.2. The number of rotatable bonds is 3. The number of hydrogen-bond acceptors (Lipinski definition) is 4. The zero-order valence-electron chi connectivity index (χ0n) is 11.1. The van der Waals surface area contributed by atoms with Crippen molar-refractivity contribution in [2.75, 3.05) is 6.79 Å². The van der Waals surface area contributed by atoms with Crippen molar-refractivity contribution in [3.8, 4) is 11.5 Å². The fourth-order valence-electron chi connectivity index (χ4n) is 2.70. The number of carboxylic acids is 1. The van der Waals surface area contributed by atoms with Gasteiger partial charge in [0.25, 0.3) is 5.91 Å². The third-order valence-electron chi connectivity index (χ3n) is 3.81. The topological polar surface area (TPSA) is 84.9 Å². The molecule has 21 heavy (non-hydrogen) atoms. The van der Waals surface area contributed by atoms with Gasteiger partial charge in [0.15, 0.2) is 11.5 Å². The second kappa shape index (κ2) is 5.44. The number of benzene rings is 1. The standard InChI is InChI=1S/C14H14ClNO5/c15-10-4-8(5-11-12(10)21-6-20-11)13(17)16-9-2-1-7(3-9)14(18)19/h4-5,7,9H,1-3,6H2,(H,16,17)(H,18,19)/t7-,9+/m0/s1. The summed E-state index contributed by atoms with van der Waals surface area (Å²) in [6.45, 7) is 0.0864. The third-order valence-corrected chi connectivity index (χ3v) is 4.09. The summed E-state index contributed by atoms with van der Waals surface area (Å²) in [5.74, 6) is -0.581. The van der Waals surface area contributed by atoms with E-state index in [0.29, 0.717) is 41.3 Å². The second-order valence-corrected chi connectivity index (χ2v) is 5.62. The minimum absolute atomic E-state index is 0.0864. The molecule has 1 fully saturated rings. The Labute approximate surface area is 126 Å². The van der Waals surface area contributed by atoms with E-state index in [1.807, 2.05) is 0 Å². The zero-order valence-corrected chi connectivity index (χ0v) is 11.9. The number of carbonyl (C=O) groups excluding carboxylic acids is 1. The van der Waals surface area contributed by atoms with E-state index in [9.17, 15) is 9.59 Å². The van der Waals surface area contributed by atoms with Crippen LogP contribution in [0.5, 0.6) is 11.5 Å². The molecule has 2 aliphatic rings. The summed E-state index contributed by atoms with van der Waals surface area (Å²) in [5, 5.41) is 12.1. The number of hydrogen-bond donors (Lipinski definition) is 2. The summed E-state index contributed by atoms with van der Waals surface area (Å²) < 4.78 is 10.4. The Bertz CT molecular complexity index is 603. The lowest BCUT2D eigenvalue weighted by Crippen LogP contribution is -2.33. The average Bonchev–Trinajstić information content (AvgIpc) is 3.07. The molecule has 0 bridgehead atoms. The van der Waals surface area contributed by atoms with E-state index in [2.05, 4.69) is 5.32 Å². The molecule has 1 saturated carbocycles. The molecule has 0 aromatic heterocycles. The van der Waals surface area contributed by atoms with Gasteiger partial charge < -0.3 is 19.9 Å². The minimum atomic E-state index is -0.808. The van der Waals surface area contributed by atoms with Crippen molar-refractivity contribution < 1.29 is 24.2 Å². The molecule has 6 nitrogen and oxygen atoms in total. The van der Waals surface area contributed by atoms with Crippen LogP contribution in [0, 0.1) is 5.92 Å². The number of fused-ring (bicyclic) bond motifs is 1. The summed E-state index contributed by atoms with van der Waals surface area (Å²) in [6.07, 6.45) is 1.71. The molecule has 0 spiro atoms. The highest BCUT2D eigenvalue weighted by Crippen LogP contribution is 2.39. The number of carboxylic acid groups (broad SMARTS) is 1. The van der Waals surface area contributed by atoms with Crippen LogP contribution in [-0.4, -0.2) is 29.8 Å². The first-order chi connectivity index (χ1) is 10.0. The number of ether oxygens (including phenoxy) is 2. The van der Waals surface area contributed by atoms with E-state index in [1.165, 1.54) is 6.07 Å². The van der Waals surface area contributed by atoms with Gasteiger partial charge in [0, 0.05) is 11.6 Å². The predicted molar refractivity (Wildman–Crippen MR) is 73.8 cm³/mol. The van der Waals surface area contributed by atoms with E-state index in [-0.39, 0.29) is 24.7 Å². The Kier molecular flexibility index (Phi) is 3.63. The molecule has 1 aliphatic carbocycles. The third kappa shape index (κ3) is 2.76. The molecule has 1 amide bonds. The van der Waals surface area contributed by atoms with Crippen LogP contribution < -0.4 is 14.8 Å². The number of carbonyl (C=O) groups is 2. The van der Waals surface area contributed by atoms with E-state index in [0.717, 1.165) is 0 Å². The summed E-state index contributed by atoms with van der Waals surface area (Å²) in [5.41, 5.74) is 0.378. The lowest BCUT2D eigenvalue weighted by atomic mass is 10.1. The van der Waals surface area contributed by atoms with Crippen molar-refractivity contribution in [3.05, 3.63) is 22.7 Å². The van der Waals surface area contributed by atoms with Crippen molar-refractivity contribution in [2.24, 2.45) is 5.92 Å². The second-order valence-electron chi connectivity index (χ2n) is 5.21. The molecule has 1 aromatic carbocycles. The van der Waals surface area contributed by atoms with Crippen LogP contribution in [0.3, 0.4) is 0 Å². The quantitative estimate of drug-likeness (QED) is 0.892. The maximum atomic E-state index is 12.2. The summed E-state index contributed by atoms with van der Waals surface area (Å²) in [6, 6.07) is 2.98. The maximum Gasteiger partial charge on any atom is 0.306 e. The fraction of sp³-hybridized carbons (Fsp3) is 0.429. The molecule has 2 N–H and O–H groups in total. The number of amides is 1. The number of halogens is 1. The predicted octanol–water partition coefficient (Wildman–Crippen LogP) is 2.05. The Morgan fingerprint density at radius 1 is 1.29 bits per heavy atom. The molecule has 112 valence electrons. The zero-order chi connectivity index (χ0) is 15.0. The van der Waals surface area contributed by atoms with Gasteiger partial charge in [0.1, 0.15) is 0 Å². The molecule has 2 atom stereocenters. The van der Waals surface area contributed by atoms with Gasteiger partial charge in [-0.15, -0.1) is 0 Å². The van der Waals surface area contributed by atoms with Crippen LogP contribution in [0.15, 0.2) is 12.1 Å². The molecular formula is C14H14ClNO5. The van der Waals surface area contributed by atoms with Crippen LogP contribution >= 0.6 is 11.6 Å². The van der Waals surface area contributed by atoms with Gasteiger partial charge in [-0.3, -0.25) is 9.59 Å². The Balaban J connectivity index is 1.69. The monoisotopic (exact) mass is 311 g/mol. The SMILES string of the molecule is O=C(N[C@@H]1CC[C@H](C(=O)O)C1)c1cc(Cl)c2c(c1)OCO2. The molecule has 1 aliphatic heterocycles. The van der Waals surface area contributed by atoms with Gasteiger partial charge in [-0.1, -0.05) is 11.6 Å². The van der Waals surface area contributed by atoms with Gasteiger partial charge >= 0.3 is 5.97 Å². The average molecular weight is 312 g/mol. The van der Waals surface area contributed by atoms with Crippen LogP contribution in [-0.2, 0) is 4.79 Å². The smallest absolute Gasteiger partial charge is 0.306 e. The van der Waals surface area contributed by atoms with Crippen molar-refractivity contribution in [1.82, 2.24) is 5.32 Å². The van der Waals surface area contributed by atoms with Crippen LogP contribution in [0.25, 0.3) is 0 Å². The van der Waals surface area contributed by atoms with Crippen LogP contribution in [0.2, 0.25) is 5.02 Å². The Morgan fingerprint density at radius 3 is 2.81 bits per heavy atom. The van der Waals surface area contributed by atoms with Crippen LogP contribution in [0.4, 0.5) is 0 Å². The Morgan fingerprint density at radius 2 is 2.10 bits per heavy atom. The first-order valence-corrected chi connectivity index (χ1v) is 7.05. The molecule has 0 radical (unpaired) electrons. The van der Waals surface area contributed by atoms with Gasteiger partial charge in [-0.05, 0) is 31.4 Å². The minimum Gasteiger partial charge on any atom is -0.481 e. The van der Waals surface area contributed by atoms with Crippen molar-refractivity contribution in [1.29, 1.82) is 0 Å². The van der Waals surface area contributed by atoms with Gasteiger partial charge in [-0.2, -0.15) is 0 Å². The molecule has 1 heterocycles. The highest BCUT2D eigenvalue weighted by molar-refractivity contribution is 6.32. The van der Waals surface area contributed by atoms with E-state index < -0.39 is 5.97 Å². The molecular weight excluding hydrogens is 298 g/mol. The van der Waals surface area contributed by atoms with Gasteiger partial charge in [-0.25, -0.2) is 0 Å². The van der Waals surface area contributed by atoms with Crippen molar-refractivity contribution in [2.45, 2.75) is 25.3 Å². The van der Waals surface area contributed by atoms with Crippen molar-refractivity contribution >= 4 is 23.5 Å². The first kappa shape index (κ1) is 14.0. The fourth-order valence-corrected chi connectivity index (χ4v) is 2.97. The highest BCUT2D eigenvalue weighted by Gasteiger charge is 2.31. The van der Waals surface area contributed by atoms with E-state index >= 15 is 0 Å². The molecule has 1 aromatic rings. The van der Waals surface area contributed by atoms with Gasteiger partial charge in [0.2, 0.25) is 6.79 Å². The highest BCUT2D eigenvalue weighted by atomic mass is 35.5. The van der Waals surface area contributed by atoms with Crippen LogP contribution in [0.1, 0.15) is 29.6 Å². The Hall–Kier alpha value is -1.95. The summed E-state index contributed by atoms with van der Waals surface area (Å²) in [4.78, 5) is 23.1. The molecule has 3 rings (SSSR count). The van der Waals surface area contributed by atoms with Gasteiger partial charge in [0.05, 0.1) is 10.9 Å². The summed E-state index contributed by atoms with van der Waals surface area (Å²) >= 11 is 6.04. The molecule has 7 heteroatoms. The number of nitrogens with one attached hydrogen (secondary N) is 1. The lowest BCUT2D eigenvalue weighted by molar-refractivity contribution is -0.141. The molecule has 0 saturated heterocycles. The van der Waals surface area contributed by atoms with E-state index in [4.69, 9.17) is 26.2 Å². The molecule has 0 unspecified atom stereocenters. The summed E-state index contributed by atoms with van der Waals surface area (Å²) in [7, 11) is 0. The van der Waals surface area contributed by atoms with Crippen molar-refractivity contribution in [3.63, 3.8) is 0 Å².